The lowest BCUT2D eigenvalue weighted by Gasteiger charge is -2.24. The standard InChI is InChI=1S/C27H29N9O3S/c1-34-17-19(14-30-34)4-5-20-15-29-26(13-24(20)35-11-2-3-22(37)9-12-35)32-25-8-10-28-27(33-25)21-16-31-36(18-21)40(38,39)23-6-7-23/h8,10,13-18,22-23,37H,2-3,6-7,9,11-12H2,1H3,(H,28,29,32,33). The van der Waals surface area contributed by atoms with E-state index in [0.717, 1.165) is 40.3 Å². The molecule has 206 valence electrons. The molecule has 0 spiro atoms. The van der Waals surface area contributed by atoms with Crippen LogP contribution in [0.25, 0.3) is 11.4 Å². The fourth-order valence-electron chi connectivity index (χ4n) is 4.59. The molecule has 6 rings (SSSR count). The number of pyridine rings is 1. The second-order valence-corrected chi connectivity index (χ2v) is 12.1. The van der Waals surface area contributed by atoms with Crippen molar-refractivity contribution in [3.8, 4) is 23.2 Å². The van der Waals surface area contributed by atoms with Crippen molar-refractivity contribution < 1.29 is 13.5 Å². The van der Waals surface area contributed by atoms with Gasteiger partial charge in [0.1, 0.15) is 11.6 Å². The third kappa shape index (κ3) is 5.68. The molecule has 4 aromatic heterocycles. The Morgan fingerprint density at radius 1 is 1.00 bits per heavy atom. The second kappa shape index (κ2) is 10.7. The van der Waals surface area contributed by atoms with E-state index in [9.17, 15) is 13.5 Å². The molecule has 13 heteroatoms. The number of aryl methyl sites for hydroxylation is 1. The molecule has 1 saturated carbocycles. The van der Waals surface area contributed by atoms with Gasteiger partial charge in [-0.15, -0.1) is 0 Å². The van der Waals surface area contributed by atoms with E-state index in [-0.39, 0.29) is 11.4 Å². The Morgan fingerprint density at radius 3 is 2.67 bits per heavy atom. The highest BCUT2D eigenvalue weighted by molar-refractivity contribution is 7.90. The summed E-state index contributed by atoms with van der Waals surface area (Å²) < 4.78 is 27.7. The molecule has 1 aliphatic carbocycles. The molecule has 12 nitrogen and oxygen atoms in total. The number of nitrogens with zero attached hydrogens (tertiary/aromatic N) is 8. The molecule has 2 fully saturated rings. The molecule has 1 saturated heterocycles. The van der Waals surface area contributed by atoms with Crippen LogP contribution >= 0.6 is 0 Å². The van der Waals surface area contributed by atoms with Crippen LogP contribution in [0.4, 0.5) is 17.3 Å². The molecule has 0 aromatic carbocycles. The lowest BCUT2D eigenvalue weighted by atomic mass is 10.2. The van der Waals surface area contributed by atoms with Crippen LogP contribution in [0.1, 0.15) is 43.2 Å². The summed E-state index contributed by atoms with van der Waals surface area (Å²) in [5.41, 5.74) is 3.01. The molecule has 5 heterocycles. The maximum atomic E-state index is 12.5. The van der Waals surface area contributed by atoms with Crippen molar-refractivity contribution in [2.24, 2.45) is 7.05 Å². The first-order valence-electron chi connectivity index (χ1n) is 13.2. The largest absolute Gasteiger partial charge is 0.393 e. The van der Waals surface area contributed by atoms with Crippen molar-refractivity contribution in [2.45, 2.75) is 43.5 Å². The SMILES string of the molecule is Cn1cc(C#Cc2cnc(Nc3ccnc(-c4cnn(S(=O)(=O)C5CC5)c4)n3)cc2N2CCCC(O)CC2)cn1. The number of nitrogens with one attached hydrogen (secondary N) is 1. The van der Waals surface area contributed by atoms with Crippen LogP contribution in [0, 0.1) is 11.8 Å². The summed E-state index contributed by atoms with van der Waals surface area (Å²) in [5.74, 6) is 7.83. The summed E-state index contributed by atoms with van der Waals surface area (Å²) in [6.07, 6.45) is 13.2. The zero-order valence-corrected chi connectivity index (χ0v) is 22.8. The highest BCUT2D eigenvalue weighted by Gasteiger charge is 2.37. The quantitative estimate of drug-likeness (QED) is 0.338. The summed E-state index contributed by atoms with van der Waals surface area (Å²) in [4.78, 5) is 15.7. The Bertz CT molecular complexity index is 1700. The zero-order chi connectivity index (χ0) is 27.7. The van der Waals surface area contributed by atoms with Gasteiger partial charge in [-0.3, -0.25) is 4.68 Å². The van der Waals surface area contributed by atoms with Crippen LogP contribution in [-0.2, 0) is 17.1 Å². The van der Waals surface area contributed by atoms with E-state index >= 15 is 0 Å². The molecule has 2 N–H and O–H groups in total. The van der Waals surface area contributed by atoms with Crippen molar-refractivity contribution in [1.82, 2.24) is 33.9 Å². The van der Waals surface area contributed by atoms with Crippen LogP contribution < -0.4 is 10.2 Å². The molecular weight excluding hydrogens is 530 g/mol. The van der Waals surface area contributed by atoms with E-state index in [2.05, 4.69) is 47.2 Å². The number of aliphatic hydroxyl groups excluding tert-OH is 1. The van der Waals surface area contributed by atoms with Gasteiger partial charge >= 0.3 is 0 Å². The number of rotatable bonds is 6. The predicted molar refractivity (Wildman–Crippen MR) is 149 cm³/mol. The first-order valence-corrected chi connectivity index (χ1v) is 14.7. The third-order valence-corrected chi connectivity index (χ3v) is 8.94. The van der Waals surface area contributed by atoms with Crippen LogP contribution in [0.15, 0.2) is 49.3 Å². The van der Waals surface area contributed by atoms with Gasteiger partial charge in [0, 0.05) is 44.8 Å². The van der Waals surface area contributed by atoms with E-state index in [0.29, 0.717) is 48.8 Å². The lowest BCUT2D eigenvalue weighted by Crippen LogP contribution is -2.25. The Kier molecular flexibility index (Phi) is 6.95. The summed E-state index contributed by atoms with van der Waals surface area (Å²) in [6, 6.07) is 3.65. The first-order chi connectivity index (χ1) is 19.3. The van der Waals surface area contributed by atoms with Gasteiger partial charge in [-0.1, -0.05) is 11.8 Å². The first kappa shape index (κ1) is 26.0. The van der Waals surface area contributed by atoms with Crippen molar-refractivity contribution in [1.29, 1.82) is 0 Å². The normalized spacial score (nSPS) is 17.6. The Balaban J connectivity index is 1.27. The molecule has 40 heavy (non-hydrogen) atoms. The minimum Gasteiger partial charge on any atom is -0.393 e. The van der Waals surface area contributed by atoms with Gasteiger partial charge in [0.2, 0.25) is 0 Å². The van der Waals surface area contributed by atoms with E-state index in [1.807, 2.05) is 19.3 Å². The highest BCUT2D eigenvalue weighted by Crippen LogP contribution is 2.31. The van der Waals surface area contributed by atoms with Gasteiger partial charge in [-0.2, -0.15) is 14.3 Å². The molecule has 0 radical (unpaired) electrons. The summed E-state index contributed by atoms with van der Waals surface area (Å²) in [7, 11) is -1.62. The Labute approximate surface area is 232 Å². The third-order valence-electron chi connectivity index (χ3n) is 6.90. The Morgan fingerprint density at radius 2 is 1.88 bits per heavy atom. The van der Waals surface area contributed by atoms with E-state index in [4.69, 9.17) is 0 Å². The fourth-order valence-corrected chi connectivity index (χ4v) is 6.07. The van der Waals surface area contributed by atoms with Gasteiger partial charge in [0.15, 0.2) is 5.82 Å². The van der Waals surface area contributed by atoms with Gasteiger partial charge in [0.25, 0.3) is 10.0 Å². The van der Waals surface area contributed by atoms with E-state index < -0.39 is 10.0 Å². The predicted octanol–water partition coefficient (Wildman–Crippen LogP) is 2.30. The summed E-state index contributed by atoms with van der Waals surface area (Å²) >= 11 is 0. The molecule has 4 aromatic rings. The molecular formula is C27H29N9O3S. The van der Waals surface area contributed by atoms with Crippen molar-refractivity contribution >= 4 is 27.3 Å². The van der Waals surface area contributed by atoms with Crippen LogP contribution in [0.2, 0.25) is 0 Å². The highest BCUT2D eigenvalue weighted by atomic mass is 32.2. The van der Waals surface area contributed by atoms with Crippen LogP contribution in [0.5, 0.6) is 0 Å². The maximum absolute atomic E-state index is 12.5. The average Bonchev–Trinajstić information content (AvgIpc) is 3.61. The minimum atomic E-state index is -3.47. The summed E-state index contributed by atoms with van der Waals surface area (Å²) in [6.45, 7) is 1.51. The Hall–Kier alpha value is -4.28. The van der Waals surface area contributed by atoms with Gasteiger partial charge in [-0.25, -0.2) is 23.4 Å². The number of anilines is 3. The number of aliphatic hydroxyl groups is 1. The van der Waals surface area contributed by atoms with Gasteiger partial charge in [0.05, 0.1) is 52.3 Å². The van der Waals surface area contributed by atoms with Crippen molar-refractivity contribution in [3.05, 3.63) is 60.4 Å². The molecule has 0 bridgehead atoms. The second-order valence-electron chi connectivity index (χ2n) is 10.0. The lowest BCUT2D eigenvalue weighted by molar-refractivity contribution is 0.161. The minimum absolute atomic E-state index is 0.308. The van der Waals surface area contributed by atoms with Crippen LogP contribution in [-0.4, -0.2) is 71.9 Å². The average molecular weight is 560 g/mol. The molecule has 1 atom stereocenters. The van der Waals surface area contributed by atoms with Crippen molar-refractivity contribution in [2.75, 3.05) is 23.3 Å². The van der Waals surface area contributed by atoms with E-state index in [1.165, 1.54) is 12.4 Å². The maximum Gasteiger partial charge on any atom is 0.256 e. The molecule has 2 aliphatic rings. The summed E-state index contributed by atoms with van der Waals surface area (Å²) in [5, 5.41) is 21.3. The topological polar surface area (TPSA) is 144 Å². The zero-order valence-electron chi connectivity index (χ0n) is 22.0. The number of hydrogen-bond acceptors (Lipinski definition) is 10. The molecule has 1 unspecified atom stereocenters. The molecule has 0 amide bonds. The monoisotopic (exact) mass is 559 g/mol. The smallest absolute Gasteiger partial charge is 0.256 e. The molecule has 1 aliphatic heterocycles. The van der Waals surface area contributed by atoms with E-state index in [1.54, 1.807) is 29.3 Å². The van der Waals surface area contributed by atoms with Gasteiger partial charge < -0.3 is 15.3 Å². The number of hydrogen-bond donors (Lipinski definition) is 2. The fraction of sp³-hybridized carbons (Fsp3) is 0.370. The van der Waals surface area contributed by atoms with Crippen LogP contribution in [0.3, 0.4) is 0 Å². The van der Waals surface area contributed by atoms with Gasteiger partial charge in [-0.05, 0) is 38.2 Å². The van der Waals surface area contributed by atoms with Crippen molar-refractivity contribution in [3.63, 3.8) is 0 Å². The number of aromatic nitrogens is 7.